The fourth-order valence-corrected chi connectivity index (χ4v) is 4.59. The highest BCUT2D eigenvalue weighted by Gasteiger charge is 2.26. The summed E-state index contributed by atoms with van der Waals surface area (Å²) in [7, 11) is 0. The van der Waals surface area contributed by atoms with Crippen LogP contribution in [0.5, 0.6) is 11.5 Å². The van der Waals surface area contributed by atoms with E-state index in [4.69, 9.17) is 32.7 Å². The lowest BCUT2D eigenvalue weighted by molar-refractivity contribution is -0.142. The Labute approximate surface area is 205 Å². The van der Waals surface area contributed by atoms with Gasteiger partial charge in [0.05, 0.1) is 16.1 Å². The number of amides is 1. The van der Waals surface area contributed by atoms with E-state index in [2.05, 4.69) is 19.2 Å². The first-order valence-corrected chi connectivity index (χ1v) is 12.2. The lowest BCUT2D eigenvalue weighted by atomic mass is 9.88. The van der Waals surface area contributed by atoms with Gasteiger partial charge in [-0.3, -0.25) is 9.59 Å². The van der Waals surface area contributed by atoms with Gasteiger partial charge in [-0.25, -0.2) is 0 Å². The summed E-state index contributed by atoms with van der Waals surface area (Å²) in [6.07, 6.45) is 5.00. The Hall–Kier alpha value is -2.24. The summed E-state index contributed by atoms with van der Waals surface area (Å²) in [5.41, 5.74) is 1.79. The number of carbonyl (C=O) groups excluding carboxylic acids is 2. The molecule has 0 aliphatic heterocycles. The van der Waals surface area contributed by atoms with E-state index in [1.807, 2.05) is 24.3 Å². The number of ether oxygens (including phenoxy) is 2. The van der Waals surface area contributed by atoms with Gasteiger partial charge in [0, 0.05) is 12.8 Å². The second kappa shape index (κ2) is 11.8. The summed E-state index contributed by atoms with van der Waals surface area (Å²) < 4.78 is 11.2. The minimum atomic E-state index is -0.559. The SMILES string of the molecule is CC(=O)OCC(NC(=O)C1CCCCC1)c1cc(Cl)c(Oc2cccc(C(C)C)c2)c(Cl)c1. The van der Waals surface area contributed by atoms with Crippen LogP contribution in [0.1, 0.15) is 76.0 Å². The van der Waals surface area contributed by atoms with Gasteiger partial charge in [0.15, 0.2) is 5.75 Å². The smallest absolute Gasteiger partial charge is 0.302 e. The van der Waals surface area contributed by atoms with Crippen LogP contribution in [-0.4, -0.2) is 18.5 Å². The number of carbonyl (C=O) groups is 2. The first kappa shape index (κ1) is 25.4. The molecule has 33 heavy (non-hydrogen) atoms. The second-order valence-electron chi connectivity index (χ2n) is 8.84. The van der Waals surface area contributed by atoms with Crippen molar-refractivity contribution in [2.24, 2.45) is 5.92 Å². The average molecular weight is 492 g/mol. The Morgan fingerprint density at radius 1 is 1.03 bits per heavy atom. The molecule has 2 aromatic carbocycles. The topological polar surface area (TPSA) is 64.6 Å². The molecule has 5 nitrogen and oxygen atoms in total. The molecule has 1 amide bonds. The Balaban J connectivity index is 1.82. The number of hydrogen-bond acceptors (Lipinski definition) is 4. The van der Waals surface area contributed by atoms with Gasteiger partial charge in [-0.15, -0.1) is 0 Å². The number of halogens is 2. The molecule has 7 heteroatoms. The molecule has 1 aliphatic rings. The van der Waals surface area contributed by atoms with Gasteiger partial charge in [0.2, 0.25) is 5.91 Å². The van der Waals surface area contributed by atoms with Crippen LogP contribution >= 0.6 is 23.2 Å². The highest BCUT2D eigenvalue weighted by atomic mass is 35.5. The third-order valence-electron chi connectivity index (χ3n) is 5.91. The lowest BCUT2D eigenvalue weighted by Gasteiger charge is -2.25. The lowest BCUT2D eigenvalue weighted by Crippen LogP contribution is -2.37. The summed E-state index contributed by atoms with van der Waals surface area (Å²) >= 11 is 13.1. The molecule has 0 bridgehead atoms. The summed E-state index contributed by atoms with van der Waals surface area (Å²) in [5.74, 6) is 0.851. The van der Waals surface area contributed by atoms with Gasteiger partial charge < -0.3 is 14.8 Å². The van der Waals surface area contributed by atoms with Crippen molar-refractivity contribution in [2.45, 2.75) is 64.8 Å². The molecular weight excluding hydrogens is 461 g/mol. The fraction of sp³-hybridized carbons (Fsp3) is 0.462. The van der Waals surface area contributed by atoms with Crippen molar-refractivity contribution in [3.63, 3.8) is 0 Å². The Bertz CT molecular complexity index is 963. The second-order valence-corrected chi connectivity index (χ2v) is 9.66. The van der Waals surface area contributed by atoms with E-state index in [9.17, 15) is 9.59 Å². The van der Waals surface area contributed by atoms with E-state index < -0.39 is 12.0 Å². The molecule has 3 rings (SSSR count). The Morgan fingerprint density at radius 3 is 2.30 bits per heavy atom. The number of rotatable bonds is 8. The van der Waals surface area contributed by atoms with Gasteiger partial charge in [0.1, 0.15) is 12.4 Å². The molecule has 1 N–H and O–H groups in total. The summed E-state index contributed by atoms with van der Waals surface area (Å²) in [6, 6.07) is 10.6. The Kier molecular flexibility index (Phi) is 9.04. The van der Waals surface area contributed by atoms with Crippen molar-refractivity contribution in [1.82, 2.24) is 5.32 Å². The first-order valence-electron chi connectivity index (χ1n) is 11.4. The van der Waals surface area contributed by atoms with Gasteiger partial charge in [-0.1, -0.05) is 68.4 Å². The van der Waals surface area contributed by atoms with Crippen LogP contribution in [0.3, 0.4) is 0 Å². The van der Waals surface area contributed by atoms with Gasteiger partial charge in [-0.05, 0) is 54.2 Å². The van der Waals surface area contributed by atoms with E-state index >= 15 is 0 Å². The van der Waals surface area contributed by atoms with Crippen LogP contribution in [0, 0.1) is 5.92 Å². The van der Waals surface area contributed by atoms with Gasteiger partial charge in [-0.2, -0.15) is 0 Å². The van der Waals surface area contributed by atoms with Crippen molar-refractivity contribution < 1.29 is 19.1 Å². The van der Waals surface area contributed by atoms with Crippen molar-refractivity contribution in [3.05, 3.63) is 57.6 Å². The fourth-order valence-electron chi connectivity index (χ4n) is 4.01. The molecule has 0 spiro atoms. The predicted octanol–water partition coefficient (Wildman–Crippen LogP) is 7.21. The van der Waals surface area contributed by atoms with Gasteiger partial charge in [0.25, 0.3) is 0 Å². The molecular formula is C26H31Cl2NO4. The maximum atomic E-state index is 12.8. The number of nitrogens with one attached hydrogen (secondary N) is 1. The number of hydrogen-bond donors (Lipinski definition) is 1. The zero-order valence-electron chi connectivity index (χ0n) is 19.3. The minimum Gasteiger partial charge on any atom is -0.463 e. The van der Waals surface area contributed by atoms with Crippen molar-refractivity contribution in [2.75, 3.05) is 6.61 Å². The number of esters is 1. The van der Waals surface area contributed by atoms with Crippen LogP contribution in [0.2, 0.25) is 10.0 Å². The summed E-state index contributed by atoms with van der Waals surface area (Å²) in [6.45, 7) is 5.55. The van der Waals surface area contributed by atoms with Crippen LogP contribution in [0.25, 0.3) is 0 Å². The van der Waals surface area contributed by atoms with Crippen molar-refractivity contribution >= 4 is 35.1 Å². The predicted molar refractivity (Wildman–Crippen MR) is 131 cm³/mol. The molecule has 0 radical (unpaired) electrons. The molecule has 0 heterocycles. The first-order chi connectivity index (χ1) is 15.7. The molecule has 1 unspecified atom stereocenters. The van der Waals surface area contributed by atoms with Crippen LogP contribution < -0.4 is 10.1 Å². The highest BCUT2D eigenvalue weighted by molar-refractivity contribution is 6.37. The van der Waals surface area contributed by atoms with E-state index in [-0.39, 0.29) is 18.4 Å². The average Bonchev–Trinajstić information content (AvgIpc) is 2.79. The zero-order valence-corrected chi connectivity index (χ0v) is 20.8. The maximum Gasteiger partial charge on any atom is 0.302 e. The number of benzene rings is 2. The summed E-state index contributed by atoms with van der Waals surface area (Å²) in [4.78, 5) is 24.3. The monoisotopic (exact) mass is 491 g/mol. The maximum absolute atomic E-state index is 12.8. The van der Waals surface area contributed by atoms with E-state index in [1.54, 1.807) is 12.1 Å². The molecule has 2 aromatic rings. The zero-order chi connectivity index (χ0) is 24.0. The molecule has 1 fully saturated rings. The molecule has 1 atom stereocenters. The molecule has 1 saturated carbocycles. The van der Waals surface area contributed by atoms with Crippen molar-refractivity contribution in [1.29, 1.82) is 0 Å². The van der Waals surface area contributed by atoms with Crippen LogP contribution in [0.15, 0.2) is 36.4 Å². The van der Waals surface area contributed by atoms with Crippen LogP contribution in [-0.2, 0) is 14.3 Å². The van der Waals surface area contributed by atoms with Crippen LogP contribution in [0.4, 0.5) is 0 Å². The van der Waals surface area contributed by atoms with Crippen molar-refractivity contribution in [3.8, 4) is 11.5 Å². The van der Waals surface area contributed by atoms with E-state index in [0.717, 1.165) is 37.7 Å². The quantitative estimate of drug-likeness (QED) is 0.396. The molecule has 0 saturated heterocycles. The molecule has 0 aromatic heterocycles. The third kappa shape index (κ3) is 7.12. The Morgan fingerprint density at radius 2 is 1.70 bits per heavy atom. The third-order valence-corrected chi connectivity index (χ3v) is 6.47. The highest BCUT2D eigenvalue weighted by Crippen LogP contribution is 2.39. The standard InChI is InChI=1S/C26H31Cl2NO4/c1-16(2)19-10-7-11-21(12-19)33-25-22(27)13-20(14-23(25)28)24(15-32-17(3)30)29-26(31)18-8-5-4-6-9-18/h7,10-14,16,18,24H,4-6,8-9,15H2,1-3H3,(H,29,31). The minimum absolute atomic E-state index is 0.00289. The van der Waals surface area contributed by atoms with E-state index in [0.29, 0.717) is 33.0 Å². The van der Waals surface area contributed by atoms with Gasteiger partial charge >= 0.3 is 5.97 Å². The van der Waals surface area contributed by atoms with E-state index in [1.165, 1.54) is 6.92 Å². The largest absolute Gasteiger partial charge is 0.463 e. The normalized spacial score (nSPS) is 15.2. The molecule has 1 aliphatic carbocycles. The summed E-state index contributed by atoms with van der Waals surface area (Å²) in [5, 5.41) is 3.65. The molecule has 178 valence electrons.